The summed E-state index contributed by atoms with van der Waals surface area (Å²) in [5, 5.41) is 9.22. The van der Waals surface area contributed by atoms with Crippen molar-refractivity contribution in [3.05, 3.63) is 24.0 Å². The Morgan fingerprint density at radius 1 is 1.25 bits per heavy atom. The monoisotopic (exact) mass is 226 g/mol. The number of aliphatic hydroxyl groups excluding tert-OH is 1. The number of hydrogen-bond acceptors (Lipinski definition) is 2. The van der Waals surface area contributed by atoms with Crippen LogP contribution in [0.1, 0.15) is 47.5 Å². The minimum absolute atomic E-state index is 0.138. The van der Waals surface area contributed by atoms with Crippen molar-refractivity contribution in [2.75, 3.05) is 0 Å². The minimum Gasteiger partial charge on any atom is -0.496 e. The van der Waals surface area contributed by atoms with E-state index in [4.69, 9.17) is 4.74 Å². The van der Waals surface area contributed by atoms with Crippen LogP contribution in [0.15, 0.2) is 24.0 Å². The third kappa shape index (κ3) is 8.54. The molecule has 16 heavy (non-hydrogen) atoms. The van der Waals surface area contributed by atoms with Crippen LogP contribution in [0.5, 0.6) is 0 Å². The Labute approximate surface area is 100 Å². The summed E-state index contributed by atoms with van der Waals surface area (Å²) in [5.74, 6) is 0.511. The molecule has 0 rings (SSSR count). The highest BCUT2D eigenvalue weighted by Gasteiger charge is 2.06. The van der Waals surface area contributed by atoms with Crippen molar-refractivity contribution >= 4 is 0 Å². The molecule has 0 amide bonds. The van der Waals surface area contributed by atoms with E-state index >= 15 is 0 Å². The average Bonchev–Trinajstić information content (AvgIpc) is 2.16. The molecule has 0 saturated carbocycles. The molecule has 0 aliphatic heterocycles. The highest BCUT2D eigenvalue weighted by atomic mass is 16.5. The van der Waals surface area contributed by atoms with Crippen molar-refractivity contribution in [1.29, 1.82) is 0 Å². The lowest BCUT2D eigenvalue weighted by Gasteiger charge is -2.14. The van der Waals surface area contributed by atoms with Gasteiger partial charge in [0.1, 0.15) is 6.10 Å². The van der Waals surface area contributed by atoms with Gasteiger partial charge in [0.25, 0.3) is 0 Å². The molecule has 0 aromatic carbocycles. The van der Waals surface area contributed by atoms with Gasteiger partial charge in [-0.3, -0.25) is 0 Å². The fraction of sp³-hybridized carbons (Fsp3) is 0.714. The van der Waals surface area contributed by atoms with Gasteiger partial charge in [0.2, 0.25) is 0 Å². The number of aliphatic hydroxyl groups is 1. The smallest absolute Gasteiger partial charge is 0.120 e. The summed E-state index contributed by atoms with van der Waals surface area (Å²) in [5.41, 5.74) is 1.37. The normalized spacial score (nSPS) is 16.9. The first kappa shape index (κ1) is 15.2. The molecule has 0 unspecified atom stereocenters. The maximum atomic E-state index is 9.22. The van der Waals surface area contributed by atoms with Gasteiger partial charge < -0.3 is 9.84 Å². The lowest BCUT2D eigenvalue weighted by molar-refractivity contribution is 0.0313. The predicted octanol–water partition coefficient (Wildman–Crippen LogP) is 3.67. The summed E-state index contributed by atoms with van der Waals surface area (Å²) < 4.78 is 5.36. The van der Waals surface area contributed by atoms with Gasteiger partial charge in [0, 0.05) is 0 Å². The van der Waals surface area contributed by atoms with Crippen LogP contribution in [0.4, 0.5) is 0 Å². The molecular formula is C14H26O2. The van der Waals surface area contributed by atoms with Gasteiger partial charge in [0.05, 0.1) is 12.4 Å². The molecule has 0 fully saturated rings. The van der Waals surface area contributed by atoms with Crippen molar-refractivity contribution in [3.8, 4) is 0 Å². The molecule has 0 aromatic heterocycles. The lowest BCUT2D eigenvalue weighted by atomic mass is 10.1. The molecule has 0 heterocycles. The summed E-state index contributed by atoms with van der Waals surface area (Å²) in [7, 11) is 0. The van der Waals surface area contributed by atoms with E-state index < -0.39 is 6.10 Å². The molecule has 94 valence electrons. The van der Waals surface area contributed by atoms with Gasteiger partial charge in [-0.25, -0.2) is 0 Å². The van der Waals surface area contributed by atoms with Crippen LogP contribution >= 0.6 is 0 Å². The van der Waals surface area contributed by atoms with Crippen LogP contribution in [0, 0.1) is 5.92 Å². The summed E-state index contributed by atoms with van der Waals surface area (Å²) in [6, 6.07) is 0. The fourth-order valence-corrected chi connectivity index (χ4v) is 1.15. The van der Waals surface area contributed by atoms with Gasteiger partial charge in [-0.1, -0.05) is 18.6 Å². The standard InChI is InChI=1S/C14H26O2/c1-11(2)7-6-8-12(3)9-10-16-14(5)13(4)15/h7,9-10,12-15H,6,8H2,1-5H3/t12-,13-,14-/m1/s1. The van der Waals surface area contributed by atoms with E-state index in [9.17, 15) is 5.11 Å². The van der Waals surface area contributed by atoms with Gasteiger partial charge in [-0.05, 0) is 52.5 Å². The van der Waals surface area contributed by atoms with E-state index in [0.717, 1.165) is 12.8 Å². The van der Waals surface area contributed by atoms with E-state index in [-0.39, 0.29) is 6.10 Å². The molecule has 0 bridgehead atoms. The minimum atomic E-state index is -0.425. The molecular weight excluding hydrogens is 200 g/mol. The van der Waals surface area contributed by atoms with Gasteiger partial charge >= 0.3 is 0 Å². The molecule has 0 aliphatic rings. The second-order valence-corrected chi connectivity index (χ2v) is 4.75. The van der Waals surface area contributed by atoms with Crippen molar-refractivity contribution in [1.82, 2.24) is 0 Å². The highest BCUT2D eigenvalue weighted by Crippen LogP contribution is 2.10. The van der Waals surface area contributed by atoms with E-state index in [0.29, 0.717) is 5.92 Å². The van der Waals surface area contributed by atoms with E-state index in [1.54, 1.807) is 13.2 Å². The van der Waals surface area contributed by atoms with Gasteiger partial charge in [-0.2, -0.15) is 0 Å². The van der Waals surface area contributed by atoms with E-state index in [2.05, 4.69) is 32.9 Å². The lowest BCUT2D eigenvalue weighted by Crippen LogP contribution is -2.20. The Kier molecular flexibility index (Phi) is 8.00. The SMILES string of the molecule is CC(C)=CCC[C@@H](C)C=CO[C@H](C)[C@@H](C)O. The second kappa shape index (κ2) is 8.40. The highest BCUT2D eigenvalue weighted by molar-refractivity contribution is 4.94. The Morgan fingerprint density at radius 3 is 2.38 bits per heavy atom. The molecule has 0 spiro atoms. The topological polar surface area (TPSA) is 29.5 Å². The van der Waals surface area contributed by atoms with E-state index in [1.807, 2.05) is 6.92 Å². The van der Waals surface area contributed by atoms with Crippen molar-refractivity contribution in [2.45, 2.75) is 59.7 Å². The molecule has 3 atom stereocenters. The number of rotatable bonds is 7. The summed E-state index contributed by atoms with van der Waals surface area (Å²) in [4.78, 5) is 0. The molecule has 0 radical (unpaired) electrons. The first-order valence-corrected chi connectivity index (χ1v) is 6.07. The zero-order chi connectivity index (χ0) is 12.6. The Bertz CT molecular complexity index is 225. The molecule has 2 heteroatoms. The van der Waals surface area contributed by atoms with Crippen LogP contribution in [-0.4, -0.2) is 17.3 Å². The van der Waals surface area contributed by atoms with Crippen LogP contribution in [0.25, 0.3) is 0 Å². The molecule has 0 saturated heterocycles. The maximum absolute atomic E-state index is 9.22. The molecule has 0 aliphatic carbocycles. The van der Waals surface area contributed by atoms with Crippen molar-refractivity contribution < 1.29 is 9.84 Å². The third-order valence-corrected chi connectivity index (χ3v) is 2.55. The van der Waals surface area contributed by atoms with Crippen molar-refractivity contribution in [2.24, 2.45) is 5.92 Å². The van der Waals surface area contributed by atoms with Crippen LogP contribution in [0.2, 0.25) is 0 Å². The second-order valence-electron chi connectivity index (χ2n) is 4.75. The zero-order valence-corrected chi connectivity index (χ0v) is 11.2. The average molecular weight is 226 g/mol. The zero-order valence-electron chi connectivity index (χ0n) is 11.2. The summed E-state index contributed by atoms with van der Waals surface area (Å²) in [6.07, 6.45) is 7.70. The molecule has 2 nitrogen and oxygen atoms in total. The summed E-state index contributed by atoms with van der Waals surface area (Å²) in [6.45, 7) is 10.0. The largest absolute Gasteiger partial charge is 0.496 e. The Morgan fingerprint density at radius 2 is 1.88 bits per heavy atom. The van der Waals surface area contributed by atoms with Crippen LogP contribution in [-0.2, 0) is 4.74 Å². The Balaban J connectivity index is 3.74. The first-order valence-electron chi connectivity index (χ1n) is 6.07. The van der Waals surface area contributed by atoms with Gasteiger partial charge in [0.15, 0.2) is 0 Å². The van der Waals surface area contributed by atoms with Crippen LogP contribution < -0.4 is 0 Å². The van der Waals surface area contributed by atoms with Gasteiger partial charge in [-0.15, -0.1) is 0 Å². The quantitative estimate of drug-likeness (QED) is 0.530. The number of ether oxygens (including phenoxy) is 1. The molecule has 1 N–H and O–H groups in total. The Hall–Kier alpha value is -0.760. The maximum Gasteiger partial charge on any atom is 0.120 e. The summed E-state index contributed by atoms with van der Waals surface area (Å²) >= 11 is 0. The molecule has 0 aromatic rings. The number of hydrogen-bond donors (Lipinski definition) is 1. The number of allylic oxidation sites excluding steroid dienone is 3. The third-order valence-electron chi connectivity index (χ3n) is 2.55. The van der Waals surface area contributed by atoms with Crippen LogP contribution in [0.3, 0.4) is 0 Å². The van der Waals surface area contributed by atoms with E-state index in [1.165, 1.54) is 5.57 Å². The predicted molar refractivity (Wildman–Crippen MR) is 69.2 cm³/mol. The first-order chi connectivity index (χ1) is 7.43. The van der Waals surface area contributed by atoms with Crippen molar-refractivity contribution in [3.63, 3.8) is 0 Å². The fourth-order valence-electron chi connectivity index (χ4n) is 1.15.